The van der Waals surface area contributed by atoms with Crippen molar-refractivity contribution in [2.24, 2.45) is 0 Å². The number of nitrogens with one attached hydrogen (secondary N) is 1. The topological polar surface area (TPSA) is 46.9 Å². The molecule has 0 saturated carbocycles. The summed E-state index contributed by atoms with van der Waals surface area (Å²) in [5.41, 5.74) is 1.22. The van der Waals surface area contributed by atoms with Crippen LogP contribution in [-0.2, 0) is 6.54 Å². The predicted molar refractivity (Wildman–Crippen MR) is 88.2 cm³/mol. The number of benzene rings is 1. The van der Waals surface area contributed by atoms with Crippen molar-refractivity contribution in [3.05, 3.63) is 42.4 Å². The summed E-state index contributed by atoms with van der Waals surface area (Å²) >= 11 is 0. The van der Waals surface area contributed by atoms with E-state index in [1.165, 1.54) is 5.69 Å². The van der Waals surface area contributed by atoms with E-state index in [1.807, 2.05) is 18.2 Å². The Bertz CT molecular complexity index is 634. The number of fused-ring (bicyclic) bond motifs is 1. The minimum atomic E-state index is 0.550. The second-order valence-electron chi connectivity index (χ2n) is 6.05. The molecule has 0 bridgehead atoms. The van der Waals surface area contributed by atoms with Crippen molar-refractivity contribution in [1.29, 1.82) is 0 Å². The van der Waals surface area contributed by atoms with Gasteiger partial charge in [-0.05, 0) is 37.1 Å². The predicted octanol–water partition coefficient (Wildman–Crippen LogP) is 2.81. The number of anilines is 1. The monoisotopic (exact) mass is 314 g/mol. The van der Waals surface area contributed by atoms with Gasteiger partial charge in [-0.1, -0.05) is 0 Å². The third kappa shape index (κ3) is 3.29. The first-order valence-corrected chi connectivity index (χ1v) is 8.29. The van der Waals surface area contributed by atoms with Crippen LogP contribution in [0.25, 0.3) is 0 Å². The molecule has 4 rings (SSSR count). The van der Waals surface area contributed by atoms with Gasteiger partial charge in [-0.25, -0.2) is 0 Å². The molecule has 0 amide bonds. The van der Waals surface area contributed by atoms with Crippen LogP contribution in [-0.4, -0.2) is 32.3 Å². The van der Waals surface area contributed by atoms with Gasteiger partial charge in [-0.15, -0.1) is 0 Å². The van der Waals surface area contributed by atoms with E-state index < -0.39 is 0 Å². The minimum Gasteiger partial charge on any atom is -0.486 e. The van der Waals surface area contributed by atoms with Crippen molar-refractivity contribution < 1.29 is 13.9 Å². The van der Waals surface area contributed by atoms with Crippen LogP contribution >= 0.6 is 0 Å². The highest BCUT2D eigenvalue weighted by atomic mass is 16.6. The molecule has 5 heteroatoms. The number of hydrogen-bond acceptors (Lipinski definition) is 5. The van der Waals surface area contributed by atoms with Crippen molar-refractivity contribution in [3.8, 4) is 11.5 Å². The number of ether oxygens (including phenoxy) is 2. The number of rotatable bonds is 4. The molecule has 1 fully saturated rings. The van der Waals surface area contributed by atoms with Crippen molar-refractivity contribution in [2.75, 3.05) is 31.2 Å². The van der Waals surface area contributed by atoms with Gasteiger partial charge in [0.15, 0.2) is 11.5 Å². The molecule has 2 aromatic rings. The fraction of sp³-hybridized carbons (Fsp3) is 0.444. The minimum absolute atomic E-state index is 0.550. The van der Waals surface area contributed by atoms with E-state index in [1.54, 1.807) is 6.26 Å². The molecular formula is C18H22N2O3. The summed E-state index contributed by atoms with van der Waals surface area (Å²) in [5.74, 6) is 2.72. The lowest BCUT2D eigenvalue weighted by Crippen LogP contribution is -2.42. The Morgan fingerprint density at radius 2 is 1.87 bits per heavy atom. The fourth-order valence-corrected chi connectivity index (χ4v) is 3.23. The van der Waals surface area contributed by atoms with Crippen molar-refractivity contribution in [3.63, 3.8) is 0 Å². The zero-order valence-electron chi connectivity index (χ0n) is 13.2. The lowest BCUT2D eigenvalue weighted by atomic mass is 10.0. The van der Waals surface area contributed by atoms with Crippen LogP contribution in [0.3, 0.4) is 0 Å². The summed E-state index contributed by atoms with van der Waals surface area (Å²) in [4.78, 5) is 2.42. The van der Waals surface area contributed by atoms with Crippen molar-refractivity contribution in [1.82, 2.24) is 5.32 Å². The summed E-state index contributed by atoms with van der Waals surface area (Å²) in [5, 5.41) is 3.58. The van der Waals surface area contributed by atoms with Crippen LogP contribution in [0.15, 0.2) is 41.0 Å². The Kier molecular flexibility index (Phi) is 4.11. The van der Waals surface area contributed by atoms with Crippen molar-refractivity contribution >= 4 is 5.69 Å². The van der Waals surface area contributed by atoms with Crippen molar-refractivity contribution in [2.45, 2.75) is 25.4 Å². The molecule has 122 valence electrons. The van der Waals surface area contributed by atoms with Crippen LogP contribution in [0.4, 0.5) is 5.69 Å². The Hall–Kier alpha value is -2.14. The third-order valence-corrected chi connectivity index (χ3v) is 4.53. The Morgan fingerprint density at radius 3 is 2.65 bits per heavy atom. The second-order valence-corrected chi connectivity index (χ2v) is 6.05. The molecule has 0 spiro atoms. The van der Waals surface area contributed by atoms with Gasteiger partial charge >= 0.3 is 0 Å². The quantitative estimate of drug-likeness (QED) is 0.940. The van der Waals surface area contributed by atoms with Gasteiger partial charge in [-0.3, -0.25) is 0 Å². The standard InChI is InChI=1S/C18H22N2O3/c1-2-16(21-9-1)13-19-14-5-7-20(8-6-14)15-3-4-17-18(12-15)23-11-10-22-17/h1-4,9,12,14,19H,5-8,10-11,13H2. The highest BCUT2D eigenvalue weighted by Gasteiger charge is 2.21. The molecule has 2 aliphatic rings. The molecule has 0 atom stereocenters. The maximum absolute atomic E-state index is 5.68. The molecule has 3 heterocycles. The molecule has 0 unspecified atom stereocenters. The Labute approximate surface area is 136 Å². The lowest BCUT2D eigenvalue weighted by molar-refractivity contribution is 0.171. The largest absolute Gasteiger partial charge is 0.486 e. The van der Waals surface area contributed by atoms with E-state index in [0.29, 0.717) is 19.3 Å². The summed E-state index contributed by atoms with van der Waals surface area (Å²) in [7, 11) is 0. The number of nitrogens with zero attached hydrogens (tertiary/aromatic N) is 1. The van der Waals surface area contributed by atoms with Crippen LogP contribution < -0.4 is 19.7 Å². The summed E-state index contributed by atoms with van der Waals surface area (Å²) in [6.07, 6.45) is 3.99. The summed E-state index contributed by atoms with van der Waals surface area (Å²) in [6, 6.07) is 10.7. The van der Waals surface area contributed by atoms with Crippen LogP contribution in [0.1, 0.15) is 18.6 Å². The molecule has 0 radical (unpaired) electrons. The SMILES string of the molecule is c1coc(CNC2CCN(c3ccc4c(c3)OCCO4)CC2)c1. The highest BCUT2D eigenvalue weighted by molar-refractivity contribution is 5.57. The smallest absolute Gasteiger partial charge is 0.163 e. The molecule has 5 nitrogen and oxygen atoms in total. The fourth-order valence-electron chi connectivity index (χ4n) is 3.23. The second kappa shape index (κ2) is 6.54. The first-order chi connectivity index (χ1) is 11.4. The van der Waals surface area contributed by atoms with Gasteiger partial charge in [0.1, 0.15) is 19.0 Å². The van der Waals surface area contributed by atoms with Gasteiger partial charge in [0.2, 0.25) is 0 Å². The average molecular weight is 314 g/mol. The van der Waals surface area contributed by atoms with E-state index in [-0.39, 0.29) is 0 Å². The van der Waals surface area contributed by atoms with E-state index in [0.717, 1.165) is 49.7 Å². The van der Waals surface area contributed by atoms with E-state index in [2.05, 4.69) is 22.3 Å². The van der Waals surface area contributed by atoms with E-state index in [9.17, 15) is 0 Å². The normalized spacial score (nSPS) is 18.2. The summed E-state index contributed by atoms with van der Waals surface area (Å²) in [6.45, 7) is 4.18. The van der Waals surface area contributed by atoms with E-state index in [4.69, 9.17) is 13.9 Å². The zero-order chi connectivity index (χ0) is 15.5. The molecule has 1 N–H and O–H groups in total. The lowest BCUT2D eigenvalue weighted by Gasteiger charge is -2.34. The molecule has 1 aromatic heterocycles. The van der Waals surface area contributed by atoms with Crippen LogP contribution in [0, 0.1) is 0 Å². The average Bonchev–Trinajstić information content (AvgIpc) is 3.14. The zero-order valence-corrected chi connectivity index (χ0v) is 13.2. The number of furan rings is 1. The molecule has 23 heavy (non-hydrogen) atoms. The Morgan fingerprint density at radius 1 is 1.04 bits per heavy atom. The first kappa shape index (κ1) is 14.5. The third-order valence-electron chi connectivity index (χ3n) is 4.53. The van der Waals surface area contributed by atoms with Crippen LogP contribution in [0.2, 0.25) is 0 Å². The number of hydrogen-bond donors (Lipinski definition) is 1. The molecule has 1 aromatic carbocycles. The van der Waals surface area contributed by atoms with Crippen LogP contribution in [0.5, 0.6) is 11.5 Å². The van der Waals surface area contributed by atoms with Gasteiger partial charge in [0, 0.05) is 30.9 Å². The number of piperidine rings is 1. The maximum Gasteiger partial charge on any atom is 0.163 e. The highest BCUT2D eigenvalue weighted by Crippen LogP contribution is 2.34. The first-order valence-electron chi connectivity index (χ1n) is 8.29. The summed E-state index contributed by atoms with van der Waals surface area (Å²) < 4.78 is 16.6. The Balaban J connectivity index is 1.32. The van der Waals surface area contributed by atoms with Gasteiger partial charge in [0.05, 0.1) is 12.8 Å². The molecule has 0 aliphatic carbocycles. The maximum atomic E-state index is 5.68. The molecule has 1 saturated heterocycles. The van der Waals surface area contributed by atoms with Gasteiger partial charge < -0.3 is 24.1 Å². The molecular weight excluding hydrogens is 292 g/mol. The van der Waals surface area contributed by atoms with Gasteiger partial charge in [0.25, 0.3) is 0 Å². The van der Waals surface area contributed by atoms with Gasteiger partial charge in [-0.2, -0.15) is 0 Å². The van der Waals surface area contributed by atoms with E-state index >= 15 is 0 Å². The molecule has 2 aliphatic heterocycles.